The second-order valence-corrected chi connectivity index (χ2v) is 8.86. The van der Waals surface area contributed by atoms with E-state index in [4.69, 9.17) is 16.3 Å². The summed E-state index contributed by atoms with van der Waals surface area (Å²) < 4.78 is 20.9. The van der Waals surface area contributed by atoms with Crippen molar-refractivity contribution in [3.05, 3.63) is 62.3 Å². The fraction of sp³-hybridized carbons (Fsp3) is 0.409. The van der Waals surface area contributed by atoms with Crippen molar-refractivity contribution in [2.24, 2.45) is 5.92 Å². The van der Waals surface area contributed by atoms with E-state index in [1.807, 2.05) is 0 Å². The second-order valence-electron chi connectivity index (χ2n) is 8.45. The molecule has 0 radical (unpaired) electrons. The fourth-order valence-electron chi connectivity index (χ4n) is 4.76. The number of likely N-dealkylation sites (N-methyl/N-ethyl adjacent to an activating group) is 1. The number of hydrogen-bond acceptors (Lipinski definition) is 5. The molecule has 4 rings (SSSR count). The van der Waals surface area contributed by atoms with Crippen molar-refractivity contribution in [3.63, 3.8) is 0 Å². The molecule has 1 spiro atoms. The van der Waals surface area contributed by atoms with Crippen molar-refractivity contribution in [2.45, 2.75) is 24.9 Å². The lowest BCUT2D eigenvalue weighted by Gasteiger charge is -2.54. The quantitative estimate of drug-likeness (QED) is 0.658. The average Bonchev–Trinajstić information content (AvgIpc) is 2.73. The van der Waals surface area contributed by atoms with Gasteiger partial charge in [0.15, 0.2) is 11.4 Å². The number of fused-ring (bicyclic) bond motifs is 2. The van der Waals surface area contributed by atoms with Gasteiger partial charge in [-0.1, -0.05) is 23.7 Å². The molecule has 2 amide bonds. The van der Waals surface area contributed by atoms with E-state index in [1.54, 1.807) is 24.8 Å². The first-order valence-corrected chi connectivity index (χ1v) is 10.5. The Hall–Kier alpha value is -2.62. The molecule has 2 heterocycles. The Morgan fingerprint density at radius 2 is 2.06 bits per heavy atom. The largest absolute Gasteiger partial charge is 0.503 e. The number of nitrogens with zero attached hydrogens (tertiary/aromatic N) is 2. The summed E-state index contributed by atoms with van der Waals surface area (Å²) in [5.74, 6) is -2.44. The summed E-state index contributed by atoms with van der Waals surface area (Å²) in [6, 6.07) is 4.40. The number of aromatic nitrogens is 1. The van der Waals surface area contributed by atoms with Crippen LogP contribution in [-0.4, -0.2) is 53.7 Å². The number of aromatic hydroxyl groups is 1. The van der Waals surface area contributed by atoms with Crippen LogP contribution < -0.4 is 10.7 Å². The smallest absolute Gasteiger partial charge is 0.274 e. The molecular formula is C22H24Cl2FN3O5. The van der Waals surface area contributed by atoms with Gasteiger partial charge in [0.2, 0.25) is 5.43 Å². The number of methoxy groups -OCH3 is 1. The Balaban J connectivity index is 0.00000306. The third kappa shape index (κ3) is 4.20. The number of carbonyl (C=O) groups is 2. The number of amides is 2. The normalized spacial score (nSPS) is 21.3. The highest BCUT2D eigenvalue weighted by Crippen LogP contribution is 2.48. The molecule has 1 aromatic carbocycles. The number of pyridine rings is 1. The van der Waals surface area contributed by atoms with Gasteiger partial charge in [-0.25, -0.2) is 4.39 Å². The Bertz CT molecular complexity index is 1160. The highest BCUT2D eigenvalue weighted by atomic mass is 35.5. The lowest BCUT2D eigenvalue weighted by atomic mass is 9.67. The maximum atomic E-state index is 14.1. The van der Waals surface area contributed by atoms with E-state index in [1.165, 1.54) is 23.2 Å². The summed E-state index contributed by atoms with van der Waals surface area (Å²) in [5, 5.41) is 13.0. The Kier molecular flexibility index (Phi) is 7.07. The molecule has 1 aromatic heterocycles. The Morgan fingerprint density at radius 3 is 2.73 bits per heavy atom. The number of benzene rings is 1. The van der Waals surface area contributed by atoms with Crippen molar-refractivity contribution < 1.29 is 23.8 Å². The van der Waals surface area contributed by atoms with E-state index in [2.05, 4.69) is 5.32 Å². The van der Waals surface area contributed by atoms with Gasteiger partial charge in [0, 0.05) is 45.6 Å². The van der Waals surface area contributed by atoms with Gasteiger partial charge >= 0.3 is 0 Å². The third-order valence-electron chi connectivity index (χ3n) is 6.23. The topological polar surface area (TPSA) is 101 Å². The summed E-state index contributed by atoms with van der Waals surface area (Å²) in [5.41, 5.74) is -1.78. The molecule has 0 atom stereocenters. The maximum absolute atomic E-state index is 14.1. The number of ether oxygens (including phenoxy) is 1. The van der Waals surface area contributed by atoms with Crippen molar-refractivity contribution >= 4 is 35.8 Å². The van der Waals surface area contributed by atoms with Crippen LogP contribution >= 0.6 is 24.0 Å². The molecule has 0 bridgehead atoms. The van der Waals surface area contributed by atoms with Crippen LogP contribution in [0.1, 0.15) is 39.3 Å². The first-order chi connectivity index (χ1) is 15.2. The zero-order valence-electron chi connectivity index (χ0n) is 18.1. The molecular weight excluding hydrogens is 476 g/mol. The average molecular weight is 500 g/mol. The van der Waals surface area contributed by atoms with E-state index >= 15 is 0 Å². The number of nitrogens with one attached hydrogen (secondary N) is 1. The van der Waals surface area contributed by atoms with Gasteiger partial charge in [-0.2, -0.15) is 0 Å². The minimum Gasteiger partial charge on any atom is -0.503 e. The van der Waals surface area contributed by atoms with Crippen molar-refractivity contribution in [1.29, 1.82) is 0 Å². The summed E-state index contributed by atoms with van der Waals surface area (Å²) in [6.07, 6.45) is 2.67. The zero-order valence-corrected chi connectivity index (χ0v) is 19.6. The highest BCUT2D eigenvalue weighted by molar-refractivity contribution is 6.30. The molecule has 2 N–H and O–H groups in total. The molecule has 1 fully saturated rings. The summed E-state index contributed by atoms with van der Waals surface area (Å²) in [4.78, 5) is 39.7. The van der Waals surface area contributed by atoms with Crippen molar-refractivity contribution in [1.82, 2.24) is 14.8 Å². The van der Waals surface area contributed by atoms with Crippen molar-refractivity contribution in [2.75, 3.05) is 27.3 Å². The lowest BCUT2D eigenvalue weighted by Crippen LogP contribution is -2.60. The van der Waals surface area contributed by atoms with Crippen LogP contribution in [0.5, 0.6) is 5.75 Å². The van der Waals surface area contributed by atoms with E-state index < -0.39 is 34.3 Å². The van der Waals surface area contributed by atoms with Crippen LogP contribution in [0.15, 0.2) is 29.2 Å². The van der Waals surface area contributed by atoms with E-state index in [0.29, 0.717) is 26.0 Å². The van der Waals surface area contributed by atoms with Gasteiger partial charge in [0.05, 0.1) is 10.6 Å². The summed E-state index contributed by atoms with van der Waals surface area (Å²) in [7, 11) is 3.23. The molecule has 11 heteroatoms. The first-order valence-electron chi connectivity index (χ1n) is 10.1. The van der Waals surface area contributed by atoms with E-state index in [9.17, 15) is 23.9 Å². The molecule has 1 aliphatic carbocycles. The van der Waals surface area contributed by atoms with Crippen molar-refractivity contribution in [3.8, 4) is 5.75 Å². The monoisotopic (exact) mass is 499 g/mol. The molecule has 178 valence electrons. The fourth-order valence-corrected chi connectivity index (χ4v) is 4.96. The minimum absolute atomic E-state index is 0. The second kappa shape index (κ2) is 9.32. The standard InChI is InChI=1S/C22H23ClFN3O5.ClH/c1-26-11-22(6-12(7-22)10-32-2)27-9-14(18(28)19(29)17(27)21(26)31)20(30)25-8-13-4-3-5-15(23)16(13)24;/h3-5,9,12,29H,6-8,10-11H2,1-2H3,(H,25,30);1H/t12-,22+;. The predicted octanol–water partition coefficient (Wildman–Crippen LogP) is 2.54. The predicted molar refractivity (Wildman–Crippen MR) is 122 cm³/mol. The molecule has 8 nitrogen and oxygen atoms in total. The van der Waals surface area contributed by atoms with Gasteiger partial charge in [0.25, 0.3) is 11.8 Å². The van der Waals surface area contributed by atoms with Gasteiger partial charge < -0.3 is 24.6 Å². The molecule has 33 heavy (non-hydrogen) atoms. The number of halogens is 3. The number of carbonyl (C=O) groups excluding carboxylic acids is 2. The zero-order chi connectivity index (χ0) is 23.2. The Morgan fingerprint density at radius 1 is 1.36 bits per heavy atom. The molecule has 1 aliphatic heterocycles. The molecule has 0 unspecified atom stereocenters. The molecule has 2 aromatic rings. The molecule has 2 aliphatic rings. The first kappa shape index (κ1) is 25.0. The third-order valence-corrected chi connectivity index (χ3v) is 6.52. The van der Waals surface area contributed by atoms with Crippen LogP contribution in [0.3, 0.4) is 0 Å². The van der Waals surface area contributed by atoms with Gasteiger partial charge in [-0.3, -0.25) is 14.4 Å². The van der Waals surface area contributed by atoms with Crippen LogP contribution in [0, 0.1) is 11.7 Å². The summed E-state index contributed by atoms with van der Waals surface area (Å²) >= 11 is 5.77. The van der Waals surface area contributed by atoms with Crippen LogP contribution in [0.4, 0.5) is 4.39 Å². The summed E-state index contributed by atoms with van der Waals surface area (Å²) in [6.45, 7) is 0.742. The van der Waals surface area contributed by atoms with Gasteiger partial charge in [-0.15, -0.1) is 12.4 Å². The van der Waals surface area contributed by atoms with Crippen LogP contribution in [0.2, 0.25) is 5.02 Å². The van der Waals surface area contributed by atoms with Gasteiger partial charge in [0.1, 0.15) is 11.4 Å². The van der Waals surface area contributed by atoms with Crippen LogP contribution in [-0.2, 0) is 16.8 Å². The molecule has 0 saturated heterocycles. The SMILES string of the molecule is COC[C@H]1C[C@]2(CN(C)C(=O)c3c(O)c(=O)c(C(=O)NCc4cccc(Cl)c4F)cn32)C1.Cl. The number of hydrogen-bond donors (Lipinski definition) is 2. The Labute approximate surface area is 200 Å². The molecule has 1 saturated carbocycles. The maximum Gasteiger partial charge on any atom is 0.274 e. The highest BCUT2D eigenvalue weighted by Gasteiger charge is 2.51. The van der Waals surface area contributed by atoms with E-state index in [0.717, 1.165) is 0 Å². The minimum atomic E-state index is -0.952. The van der Waals surface area contributed by atoms with E-state index in [-0.39, 0.29) is 46.7 Å². The number of rotatable bonds is 5. The lowest BCUT2D eigenvalue weighted by molar-refractivity contribution is -0.0190. The van der Waals surface area contributed by atoms with Gasteiger partial charge in [-0.05, 0) is 24.8 Å². The van der Waals surface area contributed by atoms with Crippen LogP contribution in [0.25, 0.3) is 0 Å².